The lowest BCUT2D eigenvalue weighted by Crippen LogP contribution is -2.51. The largest absolute Gasteiger partial charge is 0.369 e. The number of fused-ring (bicyclic) bond motifs is 1. The second-order valence-electron chi connectivity index (χ2n) is 6.74. The maximum Gasteiger partial charge on any atom is 0.0722 e. The van der Waals surface area contributed by atoms with Gasteiger partial charge in [-0.2, -0.15) is 0 Å². The van der Waals surface area contributed by atoms with Crippen LogP contribution in [0.4, 0.5) is 5.69 Å². The summed E-state index contributed by atoms with van der Waals surface area (Å²) in [4.78, 5) is 7.07. The van der Waals surface area contributed by atoms with Gasteiger partial charge in [-0.1, -0.05) is 6.07 Å². The van der Waals surface area contributed by atoms with E-state index in [4.69, 9.17) is 0 Å². The van der Waals surface area contributed by atoms with Gasteiger partial charge in [-0.15, -0.1) is 0 Å². The molecule has 1 saturated carbocycles. The summed E-state index contributed by atoms with van der Waals surface area (Å²) < 4.78 is 0. The quantitative estimate of drug-likeness (QED) is 0.916. The summed E-state index contributed by atoms with van der Waals surface area (Å²) >= 11 is 0. The van der Waals surface area contributed by atoms with E-state index in [2.05, 4.69) is 46.4 Å². The number of hydrogen-bond acceptors (Lipinski definition) is 3. The summed E-state index contributed by atoms with van der Waals surface area (Å²) in [5, 5.41) is 5.09. The molecule has 1 N–H and O–H groups in total. The Morgan fingerprint density at radius 2 is 2.14 bits per heavy atom. The molecule has 21 heavy (non-hydrogen) atoms. The molecule has 0 bridgehead atoms. The summed E-state index contributed by atoms with van der Waals surface area (Å²) in [6, 6.07) is 10.7. The van der Waals surface area contributed by atoms with Gasteiger partial charge in [0, 0.05) is 35.9 Å². The smallest absolute Gasteiger partial charge is 0.0722 e. The summed E-state index contributed by atoms with van der Waals surface area (Å²) in [6.45, 7) is 5.77. The van der Waals surface area contributed by atoms with Crippen LogP contribution < -0.4 is 10.2 Å². The number of nitrogens with one attached hydrogen (secondary N) is 1. The minimum atomic E-state index is 0.265. The summed E-state index contributed by atoms with van der Waals surface area (Å²) in [5.74, 6) is 0.853. The fraction of sp³-hybridized carbons (Fsp3) is 0.500. The number of aromatic nitrogens is 1. The Morgan fingerprint density at radius 1 is 1.24 bits per heavy atom. The van der Waals surface area contributed by atoms with Gasteiger partial charge in [0.1, 0.15) is 0 Å². The van der Waals surface area contributed by atoms with E-state index in [-0.39, 0.29) is 5.54 Å². The van der Waals surface area contributed by atoms with Crippen molar-refractivity contribution in [2.45, 2.75) is 31.7 Å². The van der Waals surface area contributed by atoms with Crippen LogP contribution in [0, 0.1) is 5.92 Å². The maximum atomic E-state index is 4.50. The van der Waals surface area contributed by atoms with E-state index in [1.54, 1.807) is 0 Å². The van der Waals surface area contributed by atoms with Crippen LogP contribution in [-0.2, 0) is 0 Å². The van der Waals surface area contributed by atoms with E-state index in [9.17, 15) is 0 Å². The van der Waals surface area contributed by atoms with E-state index >= 15 is 0 Å². The molecule has 0 spiro atoms. The molecule has 1 aliphatic heterocycles. The second-order valence-corrected chi connectivity index (χ2v) is 6.74. The van der Waals surface area contributed by atoms with Crippen LogP contribution in [0.2, 0.25) is 0 Å². The normalized spacial score (nSPS) is 26.8. The minimum absolute atomic E-state index is 0.265. The Hall–Kier alpha value is -1.61. The third kappa shape index (κ3) is 2.40. The Morgan fingerprint density at radius 3 is 3.00 bits per heavy atom. The minimum Gasteiger partial charge on any atom is -0.369 e. The summed E-state index contributed by atoms with van der Waals surface area (Å²) in [6.07, 6.45) is 5.85. The first-order valence-corrected chi connectivity index (χ1v) is 8.10. The van der Waals surface area contributed by atoms with Gasteiger partial charge >= 0.3 is 0 Å². The van der Waals surface area contributed by atoms with E-state index < -0.39 is 0 Å². The standard InChI is InChI=1S/C18H23N3/c1-18(14-8-9-14)13-21(12-4-11-20-18)17-7-2-6-16-15(17)5-3-10-19-16/h2-3,5-7,10,14,20H,4,8-9,11-13H2,1H3. The van der Waals surface area contributed by atoms with Gasteiger partial charge in [-0.3, -0.25) is 4.98 Å². The van der Waals surface area contributed by atoms with Crippen molar-refractivity contribution >= 4 is 16.6 Å². The van der Waals surface area contributed by atoms with Crippen molar-refractivity contribution in [3.63, 3.8) is 0 Å². The van der Waals surface area contributed by atoms with E-state index in [1.807, 2.05) is 12.3 Å². The van der Waals surface area contributed by atoms with Gasteiger partial charge in [0.25, 0.3) is 0 Å². The van der Waals surface area contributed by atoms with Gasteiger partial charge in [0.2, 0.25) is 0 Å². The monoisotopic (exact) mass is 281 g/mol. The molecular formula is C18H23N3. The topological polar surface area (TPSA) is 28.2 Å². The van der Waals surface area contributed by atoms with Crippen molar-refractivity contribution in [1.82, 2.24) is 10.3 Å². The number of rotatable bonds is 2. The molecule has 2 aliphatic rings. The molecule has 0 radical (unpaired) electrons. The number of hydrogen-bond donors (Lipinski definition) is 1. The van der Waals surface area contributed by atoms with Crippen molar-refractivity contribution in [2.24, 2.45) is 5.92 Å². The highest BCUT2D eigenvalue weighted by atomic mass is 15.2. The zero-order valence-electron chi connectivity index (χ0n) is 12.7. The molecule has 1 aromatic carbocycles. The molecule has 2 fully saturated rings. The first-order valence-electron chi connectivity index (χ1n) is 8.10. The molecule has 1 aromatic heterocycles. The van der Waals surface area contributed by atoms with Crippen LogP contribution in [0.1, 0.15) is 26.2 Å². The van der Waals surface area contributed by atoms with Crippen LogP contribution in [0.15, 0.2) is 36.5 Å². The maximum absolute atomic E-state index is 4.50. The van der Waals surface area contributed by atoms with E-state index in [0.717, 1.165) is 31.1 Å². The first kappa shape index (κ1) is 13.1. The van der Waals surface area contributed by atoms with Gasteiger partial charge in [-0.25, -0.2) is 0 Å². The van der Waals surface area contributed by atoms with Crippen molar-refractivity contribution in [3.05, 3.63) is 36.5 Å². The Kier molecular flexibility index (Phi) is 3.11. The molecule has 1 unspecified atom stereocenters. The molecule has 3 nitrogen and oxygen atoms in total. The summed E-state index contributed by atoms with van der Waals surface area (Å²) in [7, 11) is 0. The third-order valence-corrected chi connectivity index (χ3v) is 5.09. The fourth-order valence-electron chi connectivity index (χ4n) is 3.74. The summed E-state index contributed by atoms with van der Waals surface area (Å²) in [5.41, 5.74) is 2.71. The Balaban J connectivity index is 1.73. The highest BCUT2D eigenvalue weighted by Gasteiger charge is 2.43. The Bertz CT molecular complexity index is 644. The Labute approximate surface area is 126 Å². The van der Waals surface area contributed by atoms with Crippen LogP contribution in [0.3, 0.4) is 0 Å². The lowest BCUT2D eigenvalue weighted by Gasteiger charge is -2.35. The fourth-order valence-corrected chi connectivity index (χ4v) is 3.74. The van der Waals surface area contributed by atoms with Gasteiger partial charge < -0.3 is 10.2 Å². The van der Waals surface area contributed by atoms with Crippen LogP contribution in [0.5, 0.6) is 0 Å². The molecule has 4 rings (SSSR count). The van der Waals surface area contributed by atoms with Crippen LogP contribution in [0.25, 0.3) is 10.9 Å². The third-order valence-electron chi connectivity index (χ3n) is 5.09. The number of benzene rings is 1. The van der Waals surface area contributed by atoms with Gasteiger partial charge in [-0.05, 0) is 62.9 Å². The molecule has 3 heteroatoms. The number of pyridine rings is 1. The molecule has 110 valence electrons. The van der Waals surface area contributed by atoms with Gasteiger partial charge in [0.15, 0.2) is 0 Å². The van der Waals surface area contributed by atoms with Gasteiger partial charge in [0.05, 0.1) is 5.52 Å². The van der Waals surface area contributed by atoms with E-state index in [1.165, 1.54) is 30.3 Å². The predicted molar refractivity (Wildman–Crippen MR) is 87.7 cm³/mol. The molecule has 2 aromatic rings. The average molecular weight is 281 g/mol. The number of anilines is 1. The van der Waals surface area contributed by atoms with E-state index in [0.29, 0.717) is 0 Å². The highest BCUT2D eigenvalue weighted by Crippen LogP contribution is 2.41. The van der Waals surface area contributed by atoms with Crippen LogP contribution >= 0.6 is 0 Å². The molecule has 0 amide bonds. The average Bonchev–Trinajstić information content (AvgIpc) is 3.34. The molecular weight excluding hydrogens is 258 g/mol. The highest BCUT2D eigenvalue weighted by molar-refractivity contribution is 5.91. The van der Waals surface area contributed by atoms with Crippen molar-refractivity contribution in [1.29, 1.82) is 0 Å². The predicted octanol–water partition coefficient (Wildman–Crippen LogP) is 3.20. The molecule has 2 heterocycles. The number of nitrogens with zero attached hydrogens (tertiary/aromatic N) is 2. The molecule has 1 aliphatic carbocycles. The lowest BCUT2D eigenvalue weighted by atomic mass is 9.95. The first-order chi connectivity index (χ1) is 10.3. The van der Waals surface area contributed by atoms with Crippen molar-refractivity contribution < 1.29 is 0 Å². The van der Waals surface area contributed by atoms with Crippen LogP contribution in [-0.4, -0.2) is 30.2 Å². The lowest BCUT2D eigenvalue weighted by molar-refractivity contribution is 0.332. The van der Waals surface area contributed by atoms with Crippen molar-refractivity contribution in [3.8, 4) is 0 Å². The molecule has 1 saturated heterocycles. The van der Waals surface area contributed by atoms with Crippen molar-refractivity contribution in [2.75, 3.05) is 24.5 Å². The zero-order chi connectivity index (χ0) is 14.3. The SMILES string of the molecule is CC1(C2CC2)CN(c2cccc3ncccc23)CCCN1. The second kappa shape index (κ2) is 4.99. The zero-order valence-corrected chi connectivity index (χ0v) is 12.7. The molecule has 1 atom stereocenters.